The van der Waals surface area contributed by atoms with Gasteiger partial charge in [-0.1, -0.05) is 34.3 Å². The van der Waals surface area contributed by atoms with Crippen LogP contribution in [-0.4, -0.2) is 58.0 Å². The summed E-state index contributed by atoms with van der Waals surface area (Å²) in [5.41, 5.74) is 2.91. The fraction of sp³-hybridized carbons (Fsp3) is 0.643. The van der Waals surface area contributed by atoms with Gasteiger partial charge in [0.1, 0.15) is 5.82 Å². The van der Waals surface area contributed by atoms with Crippen LogP contribution >= 0.6 is 11.3 Å². The lowest BCUT2D eigenvalue weighted by molar-refractivity contribution is -0.136. The van der Waals surface area contributed by atoms with E-state index < -0.39 is 0 Å². The normalized spacial score (nSPS) is 20.8. The number of nitrogens with one attached hydrogen (secondary N) is 1. The van der Waals surface area contributed by atoms with Crippen molar-refractivity contribution in [1.29, 1.82) is 0 Å². The molecule has 1 amide bonds. The van der Waals surface area contributed by atoms with Crippen LogP contribution in [0, 0.1) is 16.7 Å². The quantitative estimate of drug-likeness (QED) is 0.519. The summed E-state index contributed by atoms with van der Waals surface area (Å²) >= 11 is 1.73. The van der Waals surface area contributed by atoms with E-state index >= 15 is 0 Å². The van der Waals surface area contributed by atoms with E-state index in [4.69, 9.17) is 9.97 Å². The van der Waals surface area contributed by atoms with Crippen molar-refractivity contribution in [2.75, 3.05) is 36.4 Å². The molecule has 3 aliphatic rings. The van der Waals surface area contributed by atoms with E-state index in [9.17, 15) is 4.79 Å². The van der Waals surface area contributed by atoms with Gasteiger partial charge in [0.25, 0.3) is 0 Å². The average Bonchev–Trinajstić information content (AvgIpc) is 3.46. The first-order valence-corrected chi connectivity index (χ1v) is 14.2. The summed E-state index contributed by atoms with van der Waals surface area (Å²) in [5, 5.41) is 7.10. The van der Waals surface area contributed by atoms with E-state index in [2.05, 4.69) is 54.9 Å². The largest absolute Gasteiger partial charge is 0.367 e. The van der Waals surface area contributed by atoms with Crippen LogP contribution in [0.4, 0.5) is 11.8 Å². The van der Waals surface area contributed by atoms with Crippen LogP contribution in [0.3, 0.4) is 0 Å². The van der Waals surface area contributed by atoms with Gasteiger partial charge in [-0.05, 0) is 49.5 Å². The zero-order valence-corrected chi connectivity index (χ0v) is 23.0. The summed E-state index contributed by atoms with van der Waals surface area (Å²) in [4.78, 5) is 31.1. The fourth-order valence-corrected chi connectivity index (χ4v) is 6.82. The summed E-state index contributed by atoms with van der Waals surface area (Å²) < 4.78 is 0. The second kappa shape index (κ2) is 9.77. The van der Waals surface area contributed by atoms with Crippen LogP contribution in [-0.2, 0) is 24.1 Å². The number of rotatable bonds is 8. The van der Waals surface area contributed by atoms with E-state index in [0.29, 0.717) is 5.92 Å². The lowest BCUT2D eigenvalue weighted by Crippen LogP contribution is -2.59. The number of thiazole rings is 1. The Morgan fingerprint density at radius 1 is 1.25 bits per heavy atom. The number of carbonyl (C=O) groups excluding carboxylic acids is 1. The topological polar surface area (TPSA) is 74.2 Å². The van der Waals surface area contributed by atoms with Gasteiger partial charge in [0.05, 0.1) is 10.7 Å². The maximum atomic E-state index is 12.0. The van der Waals surface area contributed by atoms with Gasteiger partial charge in [0.2, 0.25) is 11.9 Å². The molecule has 0 bridgehead atoms. The molecule has 0 aromatic carbocycles. The SMILES string of the molecule is C=CC(=O)N1CC2(CCN(c3nc4c(c(N[C@H](Cc5nccs5)CC(C)C)n3)CCC(C)(C)C4)C2)C1. The van der Waals surface area contributed by atoms with Crippen LogP contribution in [0.15, 0.2) is 24.2 Å². The minimum Gasteiger partial charge on any atom is -0.367 e. The summed E-state index contributed by atoms with van der Waals surface area (Å²) in [5.74, 6) is 2.48. The van der Waals surface area contributed by atoms with Crippen LogP contribution < -0.4 is 10.2 Å². The number of aromatic nitrogens is 3. The van der Waals surface area contributed by atoms with E-state index in [1.54, 1.807) is 11.3 Å². The Morgan fingerprint density at radius 3 is 2.75 bits per heavy atom. The molecular weight excluding hydrogens is 468 g/mol. The van der Waals surface area contributed by atoms with Crippen molar-refractivity contribution in [3.05, 3.63) is 40.5 Å². The lowest BCUT2D eigenvalue weighted by atomic mass is 9.76. The minimum atomic E-state index is 0.0363. The first-order valence-electron chi connectivity index (χ1n) is 13.4. The lowest BCUT2D eigenvalue weighted by Gasteiger charge is -2.47. The minimum absolute atomic E-state index is 0.0363. The van der Waals surface area contributed by atoms with E-state index in [0.717, 1.165) is 76.5 Å². The Morgan fingerprint density at radius 2 is 2.06 bits per heavy atom. The molecular formula is C28H40N6OS. The zero-order valence-electron chi connectivity index (χ0n) is 22.2. The molecule has 0 unspecified atom stereocenters. The maximum Gasteiger partial charge on any atom is 0.245 e. The molecule has 1 atom stereocenters. The van der Waals surface area contributed by atoms with E-state index in [-0.39, 0.29) is 22.8 Å². The first kappa shape index (κ1) is 25.2. The summed E-state index contributed by atoms with van der Waals surface area (Å²) in [7, 11) is 0. The van der Waals surface area contributed by atoms with Crippen molar-refractivity contribution in [2.24, 2.45) is 16.7 Å². The molecule has 2 saturated heterocycles. The molecule has 194 valence electrons. The monoisotopic (exact) mass is 508 g/mol. The first-order chi connectivity index (χ1) is 17.2. The second-order valence-electron chi connectivity index (χ2n) is 12.3. The highest BCUT2D eigenvalue weighted by atomic mass is 32.1. The molecule has 2 aromatic heterocycles. The van der Waals surface area contributed by atoms with Gasteiger partial charge in [-0.2, -0.15) is 4.98 Å². The van der Waals surface area contributed by atoms with Gasteiger partial charge in [-0.3, -0.25) is 4.79 Å². The zero-order chi connectivity index (χ0) is 25.5. The number of nitrogens with zero attached hydrogens (tertiary/aromatic N) is 5. The summed E-state index contributed by atoms with van der Waals surface area (Å²) in [6, 6.07) is 0.285. The third-order valence-corrected chi connectivity index (χ3v) is 8.84. The van der Waals surface area contributed by atoms with Crippen molar-refractivity contribution >= 4 is 29.0 Å². The number of likely N-dealkylation sites (tertiary alicyclic amines) is 1. The number of hydrogen-bond donors (Lipinski definition) is 1. The second-order valence-corrected chi connectivity index (χ2v) is 13.3. The third-order valence-electron chi connectivity index (χ3n) is 8.04. The Balaban J connectivity index is 1.40. The fourth-order valence-electron chi connectivity index (χ4n) is 6.12. The summed E-state index contributed by atoms with van der Waals surface area (Å²) in [6.45, 7) is 16.3. The Kier molecular flexibility index (Phi) is 6.83. The van der Waals surface area contributed by atoms with Crippen molar-refractivity contribution in [3.63, 3.8) is 0 Å². The highest BCUT2D eigenvalue weighted by Crippen LogP contribution is 2.42. The van der Waals surface area contributed by atoms with E-state index in [1.165, 1.54) is 22.3 Å². The van der Waals surface area contributed by atoms with Crippen LogP contribution in [0.25, 0.3) is 0 Å². The summed E-state index contributed by atoms with van der Waals surface area (Å²) in [6.07, 6.45) is 9.52. The van der Waals surface area contributed by atoms with Crippen molar-refractivity contribution < 1.29 is 4.79 Å². The number of fused-ring (bicyclic) bond motifs is 1. The highest BCUT2D eigenvalue weighted by Gasteiger charge is 2.49. The maximum absolute atomic E-state index is 12.0. The standard InChI is InChI=1S/C28H40N6OS/c1-6-24(35)34-17-28(18-34)9-11-33(16-28)26-31-22-15-27(4,5)8-7-21(22)25(32-26)30-20(13-19(2)3)14-23-29-10-12-36-23/h6,10,12,19-20H,1,7-9,11,13-18H2,2-5H3,(H,30,31,32)/t20-/m0/s1. The van der Waals surface area contributed by atoms with E-state index in [1.807, 2.05) is 11.1 Å². The van der Waals surface area contributed by atoms with Gasteiger partial charge in [-0.15, -0.1) is 11.3 Å². The molecule has 1 N–H and O–H groups in total. The Labute approximate surface area is 219 Å². The smallest absolute Gasteiger partial charge is 0.245 e. The average molecular weight is 509 g/mol. The molecule has 2 aromatic rings. The molecule has 8 heteroatoms. The number of amides is 1. The van der Waals surface area contributed by atoms with Crippen LogP contribution in [0.2, 0.25) is 0 Å². The Bertz CT molecular complexity index is 1110. The number of carbonyl (C=O) groups is 1. The van der Waals surface area contributed by atoms with Gasteiger partial charge in [-0.25, -0.2) is 9.97 Å². The molecule has 36 heavy (non-hydrogen) atoms. The molecule has 1 spiro atoms. The predicted molar refractivity (Wildman–Crippen MR) is 147 cm³/mol. The predicted octanol–water partition coefficient (Wildman–Crippen LogP) is 4.74. The highest BCUT2D eigenvalue weighted by molar-refractivity contribution is 7.09. The third kappa shape index (κ3) is 5.29. The van der Waals surface area contributed by atoms with Crippen molar-refractivity contribution in [1.82, 2.24) is 19.9 Å². The molecule has 2 aliphatic heterocycles. The molecule has 5 rings (SSSR count). The van der Waals surface area contributed by atoms with Crippen LogP contribution in [0.1, 0.15) is 63.2 Å². The van der Waals surface area contributed by atoms with Gasteiger partial charge in [0.15, 0.2) is 0 Å². The molecule has 7 nitrogen and oxygen atoms in total. The Hall–Kier alpha value is -2.48. The van der Waals surface area contributed by atoms with Gasteiger partial charge in [0, 0.05) is 61.2 Å². The van der Waals surface area contributed by atoms with Crippen molar-refractivity contribution in [2.45, 2.75) is 72.3 Å². The number of hydrogen-bond acceptors (Lipinski definition) is 7. The molecule has 4 heterocycles. The molecule has 1 aliphatic carbocycles. The van der Waals surface area contributed by atoms with Crippen molar-refractivity contribution in [3.8, 4) is 0 Å². The van der Waals surface area contributed by atoms with Crippen LogP contribution in [0.5, 0.6) is 0 Å². The van der Waals surface area contributed by atoms with Gasteiger partial charge >= 0.3 is 0 Å². The number of anilines is 2. The molecule has 2 fully saturated rings. The molecule has 0 radical (unpaired) electrons. The van der Waals surface area contributed by atoms with Gasteiger partial charge < -0.3 is 15.1 Å². The molecule has 0 saturated carbocycles.